The lowest BCUT2D eigenvalue weighted by molar-refractivity contribution is 0.0946. The number of benzene rings is 1. The maximum absolute atomic E-state index is 11.8. The van der Waals surface area contributed by atoms with Crippen LogP contribution in [0, 0.1) is 5.41 Å². The highest BCUT2D eigenvalue weighted by molar-refractivity contribution is 6.36. The molecular weight excluding hydrogens is 224 g/mol. The molecule has 0 spiro atoms. The summed E-state index contributed by atoms with van der Waals surface area (Å²) < 4.78 is 0. The molecule has 3 nitrogen and oxygen atoms in total. The van der Waals surface area contributed by atoms with Crippen LogP contribution in [0.5, 0.6) is 0 Å². The zero-order valence-corrected chi connectivity index (χ0v) is 9.97. The number of carbonyl (C=O) groups is 1. The molecule has 0 atom stereocenters. The molecule has 1 amide bonds. The van der Waals surface area contributed by atoms with Crippen LogP contribution in [-0.2, 0) is 0 Å². The summed E-state index contributed by atoms with van der Waals surface area (Å²) in [5, 5.41) is 3.22. The van der Waals surface area contributed by atoms with Gasteiger partial charge in [-0.15, -0.1) is 0 Å². The van der Waals surface area contributed by atoms with Gasteiger partial charge in [-0.05, 0) is 30.4 Å². The predicted octanol–water partition coefficient (Wildman–Crippen LogP) is 2.45. The number of halogens is 1. The molecule has 2 rings (SSSR count). The molecule has 16 heavy (non-hydrogen) atoms. The normalized spacial score (nSPS) is 16.9. The minimum atomic E-state index is -0.148. The van der Waals surface area contributed by atoms with E-state index in [1.165, 1.54) is 12.8 Å². The fourth-order valence-electron chi connectivity index (χ4n) is 1.50. The van der Waals surface area contributed by atoms with E-state index in [1.54, 1.807) is 18.2 Å². The third kappa shape index (κ3) is 2.30. The van der Waals surface area contributed by atoms with Crippen molar-refractivity contribution in [1.29, 1.82) is 0 Å². The van der Waals surface area contributed by atoms with E-state index >= 15 is 0 Å². The Labute approximate surface area is 100.0 Å². The van der Waals surface area contributed by atoms with Crippen LogP contribution in [0.15, 0.2) is 18.2 Å². The molecule has 1 aromatic carbocycles. The van der Waals surface area contributed by atoms with Gasteiger partial charge in [-0.1, -0.05) is 24.6 Å². The zero-order valence-electron chi connectivity index (χ0n) is 9.22. The van der Waals surface area contributed by atoms with Crippen molar-refractivity contribution in [2.75, 3.05) is 12.3 Å². The summed E-state index contributed by atoms with van der Waals surface area (Å²) in [6, 6.07) is 5.10. The van der Waals surface area contributed by atoms with Gasteiger partial charge >= 0.3 is 0 Å². The van der Waals surface area contributed by atoms with Crippen LogP contribution in [0.2, 0.25) is 5.02 Å². The molecule has 0 aliphatic heterocycles. The molecule has 1 aliphatic carbocycles. The number of hydrogen-bond donors (Lipinski definition) is 2. The SMILES string of the molecule is CC1(CNC(=O)c2cccc(N)c2Cl)CC1. The van der Waals surface area contributed by atoms with E-state index in [-0.39, 0.29) is 5.91 Å². The van der Waals surface area contributed by atoms with Crippen LogP contribution < -0.4 is 11.1 Å². The topological polar surface area (TPSA) is 55.1 Å². The summed E-state index contributed by atoms with van der Waals surface area (Å²) in [7, 11) is 0. The number of nitrogens with one attached hydrogen (secondary N) is 1. The van der Waals surface area contributed by atoms with Crippen LogP contribution in [0.1, 0.15) is 30.1 Å². The minimum Gasteiger partial charge on any atom is -0.398 e. The molecule has 1 aliphatic rings. The van der Waals surface area contributed by atoms with E-state index in [0.29, 0.717) is 28.2 Å². The third-order valence-electron chi connectivity index (χ3n) is 3.05. The summed E-state index contributed by atoms with van der Waals surface area (Å²) in [4.78, 5) is 11.8. The molecule has 86 valence electrons. The van der Waals surface area contributed by atoms with Gasteiger partial charge in [0.25, 0.3) is 5.91 Å². The van der Waals surface area contributed by atoms with Crippen molar-refractivity contribution in [3.63, 3.8) is 0 Å². The molecule has 0 unspecified atom stereocenters. The Balaban J connectivity index is 2.05. The molecular formula is C12H15ClN2O. The van der Waals surface area contributed by atoms with Crippen molar-refractivity contribution >= 4 is 23.2 Å². The summed E-state index contributed by atoms with van der Waals surface area (Å²) in [6.07, 6.45) is 2.36. The first kappa shape index (κ1) is 11.3. The second kappa shape index (κ2) is 3.98. The lowest BCUT2D eigenvalue weighted by atomic mass is 10.1. The molecule has 1 saturated carbocycles. The van der Waals surface area contributed by atoms with Crippen LogP contribution in [-0.4, -0.2) is 12.5 Å². The molecule has 0 radical (unpaired) electrons. The highest BCUT2D eigenvalue weighted by atomic mass is 35.5. The van der Waals surface area contributed by atoms with Crippen molar-refractivity contribution in [1.82, 2.24) is 5.32 Å². The van der Waals surface area contributed by atoms with E-state index in [2.05, 4.69) is 12.2 Å². The lowest BCUT2D eigenvalue weighted by Crippen LogP contribution is -2.29. The average molecular weight is 239 g/mol. The van der Waals surface area contributed by atoms with E-state index in [1.807, 2.05) is 0 Å². The van der Waals surface area contributed by atoms with Crippen LogP contribution in [0.4, 0.5) is 5.69 Å². The molecule has 0 bridgehead atoms. The highest BCUT2D eigenvalue weighted by Crippen LogP contribution is 2.44. The van der Waals surface area contributed by atoms with E-state index in [9.17, 15) is 4.79 Å². The zero-order chi connectivity index (χ0) is 11.8. The van der Waals surface area contributed by atoms with Gasteiger partial charge in [-0.3, -0.25) is 4.79 Å². The summed E-state index contributed by atoms with van der Waals surface area (Å²) in [5.74, 6) is -0.148. The molecule has 4 heteroatoms. The van der Waals surface area contributed by atoms with Gasteiger partial charge in [-0.2, -0.15) is 0 Å². The fourth-order valence-corrected chi connectivity index (χ4v) is 1.72. The van der Waals surface area contributed by atoms with Crippen molar-refractivity contribution in [2.45, 2.75) is 19.8 Å². The Morgan fingerprint density at radius 3 is 2.88 bits per heavy atom. The number of nitrogen functional groups attached to an aromatic ring is 1. The number of amides is 1. The predicted molar refractivity (Wildman–Crippen MR) is 65.5 cm³/mol. The van der Waals surface area contributed by atoms with E-state index in [4.69, 9.17) is 17.3 Å². The smallest absolute Gasteiger partial charge is 0.252 e. The van der Waals surface area contributed by atoms with E-state index in [0.717, 1.165) is 0 Å². The van der Waals surface area contributed by atoms with Gasteiger partial charge < -0.3 is 11.1 Å². The second-order valence-corrected chi connectivity index (χ2v) is 5.08. The first-order valence-corrected chi connectivity index (χ1v) is 5.72. The van der Waals surface area contributed by atoms with Gasteiger partial charge in [0.15, 0.2) is 0 Å². The molecule has 0 aromatic heterocycles. The minimum absolute atomic E-state index is 0.148. The molecule has 3 N–H and O–H groups in total. The summed E-state index contributed by atoms with van der Waals surface area (Å²) >= 11 is 5.97. The Bertz CT molecular complexity index is 427. The molecule has 0 saturated heterocycles. The quantitative estimate of drug-likeness (QED) is 0.795. The van der Waals surface area contributed by atoms with Gasteiger partial charge in [-0.25, -0.2) is 0 Å². The van der Waals surface area contributed by atoms with Gasteiger partial charge in [0, 0.05) is 6.54 Å². The monoisotopic (exact) mass is 238 g/mol. The Hall–Kier alpha value is -1.22. The summed E-state index contributed by atoms with van der Waals surface area (Å²) in [5.41, 5.74) is 6.82. The maximum atomic E-state index is 11.8. The molecule has 1 aromatic rings. The average Bonchev–Trinajstić information content (AvgIpc) is 2.98. The van der Waals surface area contributed by atoms with Gasteiger partial charge in [0.2, 0.25) is 0 Å². The van der Waals surface area contributed by atoms with Crippen molar-refractivity contribution in [2.24, 2.45) is 5.41 Å². The first-order chi connectivity index (χ1) is 7.52. The fraction of sp³-hybridized carbons (Fsp3) is 0.417. The first-order valence-electron chi connectivity index (χ1n) is 5.34. The number of anilines is 1. The number of rotatable bonds is 3. The molecule has 1 fully saturated rings. The standard InChI is InChI=1S/C12H15ClN2O/c1-12(5-6-12)7-15-11(16)8-3-2-4-9(14)10(8)13/h2-4H,5-7,14H2,1H3,(H,15,16). The maximum Gasteiger partial charge on any atom is 0.252 e. The van der Waals surface area contributed by atoms with Crippen molar-refractivity contribution in [3.8, 4) is 0 Å². The molecule has 0 heterocycles. The van der Waals surface area contributed by atoms with Crippen LogP contribution in [0.3, 0.4) is 0 Å². The lowest BCUT2D eigenvalue weighted by Gasteiger charge is -2.11. The second-order valence-electron chi connectivity index (χ2n) is 4.70. The van der Waals surface area contributed by atoms with Crippen molar-refractivity contribution < 1.29 is 4.79 Å². The van der Waals surface area contributed by atoms with Crippen LogP contribution >= 0.6 is 11.6 Å². The Kier molecular flexibility index (Phi) is 2.80. The highest BCUT2D eigenvalue weighted by Gasteiger charge is 2.37. The number of carbonyl (C=O) groups excluding carboxylic acids is 1. The van der Waals surface area contributed by atoms with Crippen molar-refractivity contribution in [3.05, 3.63) is 28.8 Å². The Morgan fingerprint density at radius 2 is 2.25 bits per heavy atom. The van der Waals surface area contributed by atoms with Crippen LogP contribution in [0.25, 0.3) is 0 Å². The number of nitrogens with two attached hydrogens (primary N) is 1. The van der Waals surface area contributed by atoms with Gasteiger partial charge in [0.1, 0.15) is 0 Å². The Morgan fingerprint density at radius 1 is 1.56 bits per heavy atom. The van der Waals surface area contributed by atoms with Gasteiger partial charge in [0.05, 0.1) is 16.3 Å². The number of hydrogen-bond acceptors (Lipinski definition) is 2. The van der Waals surface area contributed by atoms with E-state index < -0.39 is 0 Å². The largest absolute Gasteiger partial charge is 0.398 e. The summed E-state index contributed by atoms with van der Waals surface area (Å²) in [6.45, 7) is 2.87. The third-order valence-corrected chi connectivity index (χ3v) is 3.47.